The van der Waals surface area contributed by atoms with Crippen molar-refractivity contribution in [3.8, 4) is 0 Å². The minimum atomic E-state index is -0.248. The summed E-state index contributed by atoms with van der Waals surface area (Å²) >= 11 is 5.79. The minimum absolute atomic E-state index is 0.248. The summed E-state index contributed by atoms with van der Waals surface area (Å²) in [5, 5.41) is 6.53. The normalized spacial score (nSPS) is 10.0. The molecule has 0 aliphatic heterocycles. The van der Waals surface area contributed by atoms with Crippen molar-refractivity contribution in [2.75, 3.05) is 17.2 Å². The standard InChI is InChI=1S/C14H14ClN3O/c1-2-16-12-7-8-17-13(9-12)14(19)18-11-5-3-10(15)4-6-11/h3-9H,2H2,1H3,(H,16,17)(H,18,19). The fourth-order valence-corrected chi connectivity index (χ4v) is 1.72. The lowest BCUT2D eigenvalue weighted by molar-refractivity contribution is 0.102. The summed E-state index contributed by atoms with van der Waals surface area (Å²) in [5.74, 6) is -0.248. The van der Waals surface area contributed by atoms with Gasteiger partial charge in [0.1, 0.15) is 5.69 Å². The van der Waals surface area contributed by atoms with Gasteiger partial charge in [0, 0.05) is 29.1 Å². The highest BCUT2D eigenvalue weighted by Gasteiger charge is 2.08. The van der Waals surface area contributed by atoms with Gasteiger partial charge in [0.2, 0.25) is 0 Å². The maximum absolute atomic E-state index is 12.0. The number of benzene rings is 1. The molecule has 1 amide bonds. The number of aromatic nitrogens is 1. The summed E-state index contributed by atoms with van der Waals surface area (Å²) < 4.78 is 0. The van der Waals surface area contributed by atoms with Crippen LogP contribution in [-0.4, -0.2) is 17.4 Å². The van der Waals surface area contributed by atoms with Gasteiger partial charge in [0.25, 0.3) is 5.91 Å². The Kier molecular flexibility index (Phi) is 4.36. The molecule has 0 radical (unpaired) electrons. The van der Waals surface area contributed by atoms with Gasteiger partial charge in [0.15, 0.2) is 0 Å². The molecule has 5 heteroatoms. The maximum Gasteiger partial charge on any atom is 0.274 e. The van der Waals surface area contributed by atoms with E-state index in [1.54, 1.807) is 36.5 Å². The number of carbonyl (C=O) groups excluding carboxylic acids is 1. The van der Waals surface area contributed by atoms with Gasteiger partial charge in [-0.25, -0.2) is 0 Å². The lowest BCUT2D eigenvalue weighted by Gasteiger charge is -2.07. The fourth-order valence-electron chi connectivity index (χ4n) is 1.60. The zero-order valence-corrected chi connectivity index (χ0v) is 11.2. The number of carbonyl (C=O) groups is 1. The van der Waals surface area contributed by atoms with Crippen molar-refractivity contribution in [1.82, 2.24) is 4.98 Å². The van der Waals surface area contributed by atoms with Crippen LogP contribution in [0.3, 0.4) is 0 Å². The number of hydrogen-bond acceptors (Lipinski definition) is 3. The van der Waals surface area contributed by atoms with Crippen molar-refractivity contribution >= 4 is 28.9 Å². The zero-order chi connectivity index (χ0) is 13.7. The van der Waals surface area contributed by atoms with Gasteiger partial charge in [-0.05, 0) is 43.3 Å². The van der Waals surface area contributed by atoms with E-state index in [0.29, 0.717) is 16.4 Å². The second kappa shape index (κ2) is 6.20. The van der Waals surface area contributed by atoms with Crippen LogP contribution < -0.4 is 10.6 Å². The molecule has 2 N–H and O–H groups in total. The SMILES string of the molecule is CCNc1ccnc(C(=O)Nc2ccc(Cl)cc2)c1. The van der Waals surface area contributed by atoms with Crippen molar-refractivity contribution in [2.45, 2.75) is 6.92 Å². The van der Waals surface area contributed by atoms with Crippen molar-refractivity contribution in [3.63, 3.8) is 0 Å². The monoisotopic (exact) mass is 275 g/mol. The third kappa shape index (κ3) is 3.69. The molecule has 0 fully saturated rings. The molecule has 0 aliphatic rings. The number of nitrogens with zero attached hydrogens (tertiary/aromatic N) is 1. The van der Waals surface area contributed by atoms with Crippen molar-refractivity contribution < 1.29 is 4.79 Å². The maximum atomic E-state index is 12.0. The summed E-state index contributed by atoms with van der Waals surface area (Å²) in [6.07, 6.45) is 1.61. The highest BCUT2D eigenvalue weighted by molar-refractivity contribution is 6.30. The van der Waals surface area contributed by atoms with Gasteiger partial charge >= 0.3 is 0 Å². The molecule has 0 saturated carbocycles. The number of amides is 1. The van der Waals surface area contributed by atoms with Crippen molar-refractivity contribution in [2.24, 2.45) is 0 Å². The molecule has 2 rings (SSSR count). The van der Waals surface area contributed by atoms with E-state index >= 15 is 0 Å². The number of anilines is 2. The van der Waals surface area contributed by atoms with E-state index in [2.05, 4.69) is 15.6 Å². The van der Waals surface area contributed by atoms with Crippen LogP contribution in [0.5, 0.6) is 0 Å². The molecule has 0 spiro atoms. The van der Waals surface area contributed by atoms with Crippen LogP contribution in [0.4, 0.5) is 11.4 Å². The van der Waals surface area contributed by atoms with E-state index in [1.807, 2.05) is 13.0 Å². The van der Waals surface area contributed by atoms with E-state index in [9.17, 15) is 4.79 Å². The predicted molar refractivity (Wildman–Crippen MR) is 77.8 cm³/mol. The Morgan fingerprint density at radius 2 is 1.95 bits per heavy atom. The van der Waals surface area contributed by atoms with E-state index in [0.717, 1.165) is 12.2 Å². The number of pyridine rings is 1. The van der Waals surface area contributed by atoms with Gasteiger partial charge in [-0.3, -0.25) is 9.78 Å². The highest BCUT2D eigenvalue weighted by atomic mass is 35.5. The molecule has 0 unspecified atom stereocenters. The average molecular weight is 276 g/mol. The second-order valence-corrected chi connectivity index (χ2v) is 4.36. The van der Waals surface area contributed by atoms with Crippen LogP contribution in [0.2, 0.25) is 5.02 Å². The quantitative estimate of drug-likeness (QED) is 0.899. The van der Waals surface area contributed by atoms with Gasteiger partial charge in [-0.2, -0.15) is 0 Å². The van der Waals surface area contributed by atoms with Crippen LogP contribution in [0.15, 0.2) is 42.6 Å². The minimum Gasteiger partial charge on any atom is -0.385 e. The molecule has 1 heterocycles. The molecule has 98 valence electrons. The zero-order valence-electron chi connectivity index (χ0n) is 10.5. The largest absolute Gasteiger partial charge is 0.385 e. The van der Waals surface area contributed by atoms with Crippen LogP contribution >= 0.6 is 11.6 Å². The van der Waals surface area contributed by atoms with Crippen LogP contribution in [0.25, 0.3) is 0 Å². The van der Waals surface area contributed by atoms with Crippen molar-refractivity contribution in [1.29, 1.82) is 0 Å². The first-order valence-corrected chi connectivity index (χ1v) is 6.33. The lowest BCUT2D eigenvalue weighted by atomic mass is 10.2. The number of nitrogens with one attached hydrogen (secondary N) is 2. The number of rotatable bonds is 4. The predicted octanol–water partition coefficient (Wildman–Crippen LogP) is 3.42. The van der Waals surface area contributed by atoms with Gasteiger partial charge in [0.05, 0.1) is 0 Å². The Balaban J connectivity index is 2.11. The number of halogens is 1. The fraction of sp³-hybridized carbons (Fsp3) is 0.143. The average Bonchev–Trinajstić information content (AvgIpc) is 2.42. The smallest absolute Gasteiger partial charge is 0.274 e. The molecule has 1 aromatic heterocycles. The Hall–Kier alpha value is -2.07. The summed E-state index contributed by atoms with van der Waals surface area (Å²) in [7, 11) is 0. The van der Waals surface area contributed by atoms with E-state index in [-0.39, 0.29) is 5.91 Å². The molecule has 0 saturated heterocycles. The van der Waals surface area contributed by atoms with Crippen molar-refractivity contribution in [3.05, 3.63) is 53.3 Å². The van der Waals surface area contributed by atoms with Crippen LogP contribution in [0, 0.1) is 0 Å². The molecule has 19 heavy (non-hydrogen) atoms. The third-order valence-corrected chi connectivity index (χ3v) is 2.73. The van der Waals surface area contributed by atoms with Crippen LogP contribution in [0.1, 0.15) is 17.4 Å². The third-order valence-electron chi connectivity index (χ3n) is 2.48. The van der Waals surface area contributed by atoms with E-state index in [4.69, 9.17) is 11.6 Å². The number of hydrogen-bond donors (Lipinski definition) is 2. The van der Waals surface area contributed by atoms with Gasteiger partial charge in [-0.1, -0.05) is 11.6 Å². The first kappa shape index (κ1) is 13.4. The summed E-state index contributed by atoms with van der Waals surface area (Å²) in [6, 6.07) is 10.5. The van der Waals surface area contributed by atoms with Gasteiger partial charge in [-0.15, -0.1) is 0 Å². The Bertz CT molecular complexity index is 569. The molecule has 0 bridgehead atoms. The first-order valence-electron chi connectivity index (χ1n) is 5.96. The second-order valence-electron chi connectivity index (χ2n) is 3.92. The molecular formula is C14H14ClN3O. The first-order chi connectivity index (χ1) is 9.19. The summed E-state index contributed by atoms with van der Waals surface area (Å²) in [4.78, 5) is 16.1. The Labute approximate surface area is 116 Å². The molecule has 4 nitrogen and oxygen atoms in total. The Morgan fingerprint density at radius 3 is 2.63 bits per heavy atom. The highest BCUT2D eigenvalue weighted by Crippen LogP contribution is 2.15. The van der Waals surface area contributed by atoms with E-state index < -0.39 is 0 Å². The molecule has 0 atom stereocenters. The summed E-state index contributed by atoms with van der Waals surface area (Å²) in [5.41, 5.74) is 1.93. The molecule has 1 aromatic carbocycles. The van der Waals surface area contributed by atoms with Gasteiger partial charge < -0.3 is 10.6 Å². The molecular weight excluding hydrogens is 262 g/mol. The lowest BCUT2D eigenvalue weighted by Crippen LogP contribution is -2.14. The Morgan fingerprint density at radius 1 is 1.21 bits per heavy atom. The van der Waals surface area contributed by atoms with E-state index in [1.165, 1.54) is 0 Å². The van der Waals surface area contributed by atoms with Crippen LogP contribution in [-0.2, 0) is 0 Å². The summed E-state index contributed by atoms with van der Waals surface area (Å²) in [6.45, 7) is 2.79. The molecule has 0 aliphatic carbocycles. The topological polar surface area (TPSA) is 54.0 Å². The molecule has 2 aromatic rings.